The number of rotatable bonds is 2. The molecule has 56 valence electrons. The first-order valence-electron chi connectivity index (χ1n) is 3.03. The molecule has 2 aromatic heterocycles. The topological polar surface area (TPSA) is 64.1 Å². The van der Waals surface area contributed by atoms with E-state index in [9.17, 15) is 0 Å². The molecule has 0 saturated heterocycles. The number of anilines is 2. The largest absolute Gasteiger partial charge is 0.363 e. The average molecular weight is 151 g/mol. The molecule has 2 rings (SSSR count). The summed E-state index contributed by atoms with van der Waals surface area (Å²) in [5, 5.41) is 10.1. The summed E-state index contributed by atoms with van der Waals surface area (Å²) < 4.78 is 9.18. The first-order chi connectivity index (χ1) is 5.45. The first-order valence-corrected chi connectivity index (χ1v) is 3.03. The molecule has 0 spiro atoms. The van der Waals surface area contributed by atoms with E-state index in [0.717, 1.165) is 0 Å². The lowest BCUT2D eigenvalue weighted by Crippen LogP contribution is -1.88. The highest BCUT2D eigenvalue weighted by molar-refractivity contribution is 5.48. The third kappa shape index (κ3) is 1.21. The van der Waals surface area contributed by atoms with Gasteiger partial charge in [0, 0.05) is 12.1 Å². The summed E-state index contributed by atoms with van der Waals surface area (Å²) in [7, 11) is 0. The maximum atomic E-state index is 4.59. The Morgan fingerprint density at radius 1 is 1.00 bits per heavy atom. The van der Waals surface area contributed by atoms with Crippen LogP contribution in [-0.4, -0.2) is 10.3 Å². The summed E-state index contributed by atoms with van der Waals surface area (Å²) in [4.78, 5) is 0. The number of hydrogen-bond acceptors (Lipinski definition) is 5. The van der Waals surface area contributed by atoms with Crippen molar-refractivity contribution in [3.8, 4) is 0 Å². The van der Waals surface area contributed by atoms with Crippen LogP contribution in [0, 0.1) is 0 Å². The molecule has 0 atom stereocenters. The number of aromatic nitrogens is 2. The second-order valence-corrected chi connectivity index (χ2v) is 1.89. The van der Waals surface area contributed by atoms with Crippen LogP contribution in [0.1, 0.15) is 0 Å². The minimum Gasteiger partial charge on any atom is -0.363 e. The number of hydrogen-bond donors (Lipinski definition) is 1. The molecule has 0 unspecified atom stereocenters. The zero-order chi connectivity index (χ0) is 7.52. The molecule has 11 heavy (non-hydrogen) atoms. The standard InChI is InChI=1S/C6H5N3O2/c1-3-10-8-5(1)7-6-2-4-11-9-6/h1-4H,(H,7,8,9). The maximum absolute atomic E-state index is 4.59. The average Bonchev–Trinajstić information content (AvgIpc) is 2.60. The van der Waals surface area contributed by atoms with Gasteiger partial charge in [-0.1, -0.05) is 10.3 Å². The lowest BCUT2D eigenvalue weighted by Gasteiger charge is -1.91. The highest BCUT2D eigenvalue weighted by Crippen LogP contribution is 2.10. The van der Waals surface area contributed by atoms with Crippen molar-refractivity contribution in [3.05, 3.63) is 24.7 Å². The van der Waals surface area contributed by atoms with E-state index in [2.05, 4.69) is 24.7 Å². The van der Waals surface area contributed by atoms with Crippen LogP contribution in [-0.2, 0) is 0 Å². The molecule has 0 aliphatic heterocycles. The van der Waals surface area contributed by atoms with Crippen molar-refractivity contribution in [1.29, 1.82) is 0 Å². The first kappa shape index (κ1) is 5.96. The molecule has 0 bridgehead atoms. The van der Waals surface area contributed by atoms with Crippen LogP contribution in [0.15, 0.2) is 33.7 Å². The predicted molar refractivity (Wildman–Crippen MR) is 36.3 cm³/mol. The van der Waals surface area contributed by atoms with Crippen LogP contribution < -0.4 is 5.32 Å². The molecule has 2 aromatic rings. The fourth-order valence-corrected chi connectivity index (χ4v) is 0.685. The quantitative estimate of drug-likeness (QED) is 0.702. The van der Waals surface area contributed by atoms with Gasteiger partial charge in [0.1, 0.15) is 12.5 Å². The van der Waals surface area contributed by atoms with Crippen molar-refractivity contribution in [2.75, 3.05) is 5.32 Å². The number of nitrogens with zero attached hydrogens (tertiary/aromatic N) is 2. The summed E-state index contributed by atoms with van der Waals surface area (Å²) in [6.45, 7) is 0. The van der Waals surface area contributed by atoms with Gasteiger partial charge in [-0.3, -0.25) is 0 Å². The predicted octanol–water partition coefficient (Wildman–Crippen LogP) is 1.41. The molecule has 2 heterocycles. The summed E-state index contributed by atoms with van der Waals surface area (Å²) in [5.74, 6) is 1.22. The van der Waals surface area contributed by atoms with Crippen LogP contribution in [0.25, 0.3) is 0 Å². The SMILES string of the molecule is c1cc(Nc2ccon2)no1. The molecule has 0 amide bonds. The van der Waals surface area contributed by atoms with E-state index in [1.54, 1.807) is 12.1 Å². The van der Waals surface area contributed by atoms with Crippen LogP contribution in [0.5, 0.6) is 0 Å². The fraction of sp³-hybridized carbons (Fsp3) is 0. The van der Waals surface area contributed by atoms with Gasteiger partial charge in [0.15, 0.2) is 11.6 Å². The highest BCUT2D eigenvalue weighted by atomic mass is 16.5. The minimum absolute atomic E-state index is 0.610. The highest BCUT2D eigenvalue weighted by Gasteiger charge is 1.97. The van der Waals surface area contributed by atoms with E-state index in [-0.39, 0.29) is 0 Å². The van der Waals surface area contributed by atoms with Crippen molar-refractivity contribution in [2.24, 2.45) is 0 Å². The summed E-state index contributed by atoms with van der Waals surface area (Å²) in [6.07, 6.45) is 2.95. The molecule has 0 aliphatic carbocycles. The van der Waals surface area contributed by atoms with Crippen LogP contribution in [0.2, 0.25) is 0 Å². The van der Waals surface area contributed by atoms with Gasteiger partial charge in [0.2, 0.25) is 0 Å². The molecule has 1 N–H and O–H groups in total. The van der Waals surface area contributed by atoms with Gasteiger partial charge in [-0.05, 0) is 0 Å². The van der Waals surface area contributed by atoms with E-state index in [1.807, 2.05) is 0 Å². The molecule has 0 saturated carbocycles. The summed E-state index contributed by atoms with van der Waals surface area (Å²) >= 11 is 0. The normalized spacial score (nSPS) is 9.82. The van der Waals surface area contributed by atoms with Crippen molar-refractivity contribution in [1.82, 2.24) is 10.3 Å². The van der Waals surface area contributed by atoms with Gasteiger partial charge in [-0.15, -0.1) is 0 Å². The van der Waals surface area contributed by atoms with Gasteiger partial charge in [-0.25, -0.2) is 0 Å². The van der Waals surface area contributed by atoms with Crippen molar-refractivity contribution in [2.45, 2.75) is 0 Å². The van der Waals surface area contributed by atoms with E-state index >= 15 is 0 Å². The fourth-order valence-electron chi connectivity index (χ4n) is 0.685. The van der Waals surface area contributed by atoms with Crippen molar-refractivity contribution >= 4 is 11.6 Å². The Morgan fingerprint density at radius 2 is 1.55 bits per heavy atom. The third-order valence-electron chi connectivity index (χ3n) is 1.13. The van der Waals surface area contributed by atoms with E-state index in [1.165, 1.54) is 12.5 Å². The van der Waals surface area contributed by atoms with Crippen molar-refractivity contribution < 1.29 is 9.05 Å². The molecule has 0 fully saturated rings. The zero-order valence-corrected chi connectivity index (χ0v) is 5.52. The third-order valence-corrected chi connectivity index (χ3v) is 1.13. The Labute approximate surface area is 62.0 Å². The molecular weight excluding hydrogens is 146 g/mol. The summed E-state index contributed by atoms with van der Waals surface area (Å²) in [6, 6.07) is 3.38. The Morgan fingerprint density at radius 3 is 1.91 bits per heavy atom. The smallest absolute Gasteiger partial charge is 0.174 e. The van der Waals surface area contributed by atoms with E-state index in [4.69, 9.17) is 0 Å². The van der Waals surface area contributed by atoms with Gasteiger partial charge in [0.05, 0.1) is 0 Å². The van der Waals surface area contributed by atoms with Gasteiger partial charge >= 0.3 is 0 Å². The maximum Gasteiger partial charge on any atom is 0.174 e. The minimum atomic E-state index is 0.610. The zero-order valence-electron chi connectivity index (χ0n) is 5.52. The lowest BCUT2D eigenvalue weighted by atomic mass is 10.6. The molecule has 5 nitrogen and oxygen atoms in total. The van der Waals surface area contributed by atoms with E-state index < -0.39 is 0 Å². The van der Waals surface area contributed by atoms with Crippen LogP contribution in [0.3, 0.4) is 0 Å². The monoisotopic (exact) mass is 151 g/mol. The molecule has 0 aromatic carbocycles. The van der Waals surface area contributed by atoms with Crippen molar-refractivity contribution in [3.63, 3.8) is 0 Å². The Balaban J connectivity index is 2.14. The molecular formula is C6H5N3O2. The Kier molecular flexibility index (Phi) is 1.33. The van der Waals surface area contributed by atoms with Gasteiger partial charge in [0.25, 0.3) is 0 Å². The van der Waals surface area contributed by atoms with Gasteiger partial charge in [-0.2, -0.15) is 0 Å². The Bertz CT molecular complexity index is 268. The van der Waals surface area contributed by atoms with Crippen LogP contribution >= 0.6 is 0 Å². The summed E-state index contributed by atoms with van der Waals surface area (Å²) in [5.41, 5.74) is 0. The second kappa shape index (κ2) is 2.45. The lowest BCUT2D eigenvalue weighted by molar-refractivity contribution is 0.419. The Hall–Kier alpha value is -1.78. The second-order valence-electron chi connectivity index (χ2n) is 1.89. The molecule has 0 radical (unpaired) electrons. The molecule has 5 heteroatoms. The molecule has 0 aliphatic rings. The van der Waals surface area contributed by atoms with E-state index in [0.29, 0.717) is 11.6 Å². The number of nitrogens with one attached hydrogen (secondary N) is 1. The van der Waals surface area contributed by atoms with Gasteiger partial charge < -0.3 is 14.4 Å². The van der Waals surface area contributed by atoms with Crippen LogP contribution in [0.4, 0.5) is 11.6 Å².